The Bertz CT molecular complexity index is 830. The van der Waals surface area contributed by atoms with Crippen LogP contribution in [0.4, 0.5) is 18.9 Å². The van der Waals surface area contributed by atoms with Crippen molar-refractivity contribution in [2.75, 3.05) is 38.0 Å². The van der Waals surface area contributed by atoms with Crippen LogP contribution < -0.4 is 5.32 Å². The van der Waals surface area contributed by atoms with Crippen molar-refractivity contribution >= 4 is 23.2 Å². The van der Waals surface area contributed by atoms with Crippen LogP contribution in [0.1, 0.15) is 17.5 Å². The summed E-state index contributed by atoms with van der Waals surface area (Å²) in [6.07, 6.45) is -3.69. The number of hydrogen-bond donors (Lipinski definition) is 1. The van der Waals surface area contributed by atoms with Crippen LogP contribution in [0.5, 0.6) is 0 Å². The van der Waals surface area contributed by atoms with Gasteiger partial charge in [-0.1, -0.05) is 41.9 Å². The van der Waals surface area contributed by atoms with Crippen LogP contribution in [0, 0.1) is 0 Å². The maximum Gasteiger partial charge on any atom is 0.418 e. The second-order valence-electron chi connectivity index (χ2n) is 7.13. The SMILES string of the molecule is O=C(CN1CCCN(Cc2ccccc2)CC1)Nc1ccc(Cl)cc1C(F)(F)F. The Kier molecular flexibility index (Phi) is 7.16. The maximum absolute atomic E-state index is 13.2. The number of hydrogen-bond acceptors (Lipinski definition) is 3. The molecule has 0 atom stereocenters. The first-order valence-corrected chi connectivity index (χ1v) is 9.84. The number of rotatable bonds is 5. The summed E-state index contributed by atoms with van der Waals surface area (Å²) in [6.45, 7) is 4.04. The van der Waals surface area contributed by atoms with Gasteiger partial charge in [0.15, 0.2) is 0 Å². The maximum atomic E-state index is 13.2. The molecule has 1 aliphatic rings. The number of amides is 1. The molecule has 1 amide bonds. The largest absolute Gasteiger partial charge is 0.418 e. The first-order valence-electron chi connectivity index (χ1n) is 9.46. The number of anilines is 1. The molecular formula is C21H23ClF3N3O. The Morgan fingerprint density at radius 2 is 1.69 bits per heavy atom. The van der Waals surface area contributed by atoms with Gasteiger partial charge in [-0.05, 0) is 43.3 Å². The quantitative estimate of drug-likeness (QED) is 0.765. The molecule has 0 aliphatic carbocycles. The summed E-state index contributed by atoms with van der Waals surface area (Å²) in [6, 6.07) is 13.5. The smallest absolute Gasteiger partial charge is 0.324 e. The van der Waals surface area contributed by atoms with Gasteiger partial charge in [0.05, 0.1) is 17.8 Å². The second kappa shape index (κ2) is 9.61. The van der Waals surface area contributed by atoms with Crippen LogP contribution >= 0.6 is 11.6 Å². The Morgan fingerprint density at radius 3 is 2.41 bits per heavy atom. The van der Waals surface area contributed by atoms with Gasteiger partial charge in [0, 0.05) is 24.7 Å². The molecule has 4 nitrogen and oxygen atoms in total. The Balaban J connectivity index is 1.55. The highest BCUT2D eigenvalue weighted by molar-refractivity contribution is 6.30. The van der Waals surface area contributed by atoms with Crippen LogP contribution in [-0.2, 0) is 17.5 Å². The van der Waals surface area contributed by atoms with Crippen molar-refractivity contribution in [2.45, 2.75) is 19.1 Å². The molecule has 1 fully saturated rings. The Labute approximate surface area is 173 Å². The first kappa shape index (κ1) is 21.6. The normalized spacial score (nSPS) is 16.4. The van der Waals surface area contributed by atoms with Crippen LogP contribution in [0.3, 0.4) is 0 Å². The van der Waals surface area contributed by atoms with E-state index in [1.165, 1.54) is 17.7 Å². The van der Waals surface area contributed by atoms with Crippen molar-refractivity contribution in [1.82, 2.24) is 9.80 Å². The fraction of sp³-hybridized carbons (Fsp3) is 0.381. The average molecular weight is 426 g/mol. The van der Waals surface area contributed by atoms with Crippen molar-refractivity contribution < 1.29 is 18.0 Å². The molecule has 2 aromatic carbocycles. The summed E-state index contributed by atoms with van der Waals surface area (Å²) < 4.78 is 39.6. The molecule has 0 bridgehead atoms. The van der Waals surface area contributed by atoms with Gasteiger partial charge < -0.3 is 5.32 Å². The van der Waals surface area contributed by atoms with E-state index in [4.69, 9.17) is 11.6 Å². The third-order valence-electron chi connectivity index (χ3n) is 4.86. The Morgan fingerprint density at radius 1 is 1.00 bits per heavy atom. The zero-order chi connectivity index (χ0) is 20.9. The number of nitrogens with one attached hydrogen (secondary N) is 1. The van der Waals surface area contributed by atoms with Gasteiger partial charge in [-0.25, -0.2) is 0 Å². The number of alkyl halides is 3. The number of carbonyl (C=O) groups excluding carboxylic acids is 1. The van der Waals surface area contributed by atoms with Crippen molar-refractivity contribution in [1.29, 1.82) is 0 Å². The van der Waals surface area contributed by atoms with Crippen LogP contribution in [0.2, 0.25) is 5.02 Å². The number of benzene rings is 2. The third-order valence-corrected chi connectivity index (χ3v) is 5.09. The predicted molar refractivity (Wildman–Crippen MR) is 108 cm³/mol. The number of halogens is 4. The van der Waals surface area contributed by atoms with Crippen molar-refractivity contribution in [3.63, 3.8) is 0 Å². The van der Waals surface area contributed by atoms with E-state index < -0.39 is 17.6 Å². The van der Waals surface area contributed by atoms with E-state index in [2.05, 4.69) is 22.3 Å². The summed E-state index contributed by atoms with van der Waals surface area (Å²) in [5.74, 6) is -0.464. The van der Waals surface area contributed by atoms with E-state index >= 15 is 0 Å². The van der Waals surface area contributed by atoms with Gasteiger partial charge in [0.2, 0.25) is 5.91 Å². The zero-order valence-corrected chi connectivity index (χ0v) is 16.6. The lowest BCUT2D eigenvalue weighted by molar-refractivity contribution is -0.137. The molecule has 1 N–H and O–H groups in total. The van der Waals surface area contributed by atoms with E-state index in [-0.39, 0.29) is 17.3 Å². The molecule has 156 valence electrons. The van der Waals surface area contributed by atoms with E-state index in [1.807, 2.05) is 23.1 Å². The van der Waals surface area contributed by atoms with Gasteiger partial charge in [0.1, 0.15) is 0 Å². The molecule has 0 saturated carbocycles. The monoisotopic (exact) mass is 425 g/mol. The number of nitrogens with zero attached hydrogens (tertiary/aromatic N) is 2. The molecular weight excluding hydrogens is 403 g/mol. The summed E-state index contributed by atoms with van der Waals surface area (Å²) >= 11 is 5.68. The molecule has 29 heavy (non-hydrogen) atoms. The topological polar surface area (TPSA) is 35.6 Å². The van der Waals surface area contributed by atoms with Crippen LogP contribution in [0.15, 0.2) is 48.5 Å². The first-order chi connectivity index (χ1) is 13.8. The molecule has 2 aromatic rings. The van der Waals surface area contributed by atoms with Crippen molar-refractivity contribution in [3.8, 4) is 0 Å². The number of carbonyl (C=O) groups is 1. The summed E-state index contributed by atoms with van der Waals surface area (Å²) in [7, 11) is 0. The highest BCUT2D eigenvalue weighted by Crippen LogP contribution is 2.36. The zero-order valence-electron chi connectivity index (χ0n) is 15.9. The molecule has 0 spiro atoms. The fourth-order valence-corrected chi connectivity index (χ4v) is 3.61. The Hall–Kier alpha value is -2.09. The molecule has 0 radical (unpaired) electrons. The molecule has 1 heterocycles. The summed E-state index contributed by atoms with van der Waals surface area (Å²) in [5, 5.41) is 2.36. The third kappa shape index (κ3) is 6.45. The molecule has 1 saturated heterocycles. The standard InChI is InChI=1S/C21H23ClF3N3O/c22-17-7-8-19(18(13-17)21(23,24)25)26-20(29)15-28-10-4-9-27(11-12-28)14-16-5-2-1-3-6-16/h1-3,5-8,13H,4,9-12,14-15H2,(H,26,29). The lowest BCUT2D eigenvalue weighted by Crippen LogP contribution is -2.36. The molecule has 0 aromatic heterocycles. The predicted octanol–water partition coefficient (Wildman–Crippen LogP) is 4.51. The minimum atomic E-state index is -4.59. The summed E-state index contributed by atoms with van der Waals surface area (Å²) in [4.78, 5) is 16.7. The van der Waals surface area contributed by atoms with Crippen LogP contribution in [-0.4, -0.2) is 48.4 Å². The molecule has 8 heteroatoms. The lowest BCUT2D eigenvalue weighted by atomic mass is 10.1. The fourth-order valence-electron chi connectivity index (χ4n) is 3.44. The van der Waals surface area contributed by atoms with Gasteiger partial charge in [-0.2, -0.15) is 13.2 Å². The van der Waals surface area contributed by atoms with Gasteiger partial charge in [-0.3, -0.25) is 14.6 Å². The summed E-state index contributed by atoms with van der Waals surface area (Å²) in [5.41, 5.74) is 0.0248. The minimum Gasteiger partial charge on any atom is -0.324 e. The van der Waals surface area contributed by atoms with E-state index in [9.17, 15) is 18.0 Å². The van der Waals surface area contributed by atoms with E-state index in [1.54, 1.807) is 0 Å². The molecule has 1 aliphatic heterocycles. The van der Waals surface area contributed by atoms with Crippen molar-refractivity contribution in [3.05, 3.63) is 64.7 Å². The lowest BCUT2D eigenvalue weighted by Gasteiger charge is -2.22. The molecule has 0 unspecified atom stereocenters. The van der Waals surface area contributed by atoms with Gasteiger partial charge in [0.25, 0.3) is 0 Å². The molecule has 3 rings (SSSR count). The average Bonchev–Trinajstić information content (AvgIpc) is 2.88. The highest BCUT2D eigenvalue weighted by atomic mass is 35.5. The van der Waals surface area contributed by atoms with Gasteiger partial charge in [-0.15, -0.1) is 0 Å². The highest BCUT2D eigenvalue weighted by Gasteiger charge is 2.34. The van der Waals surface area contributed by atoms with Crippen molar-refractivity contribution in [2.24, 2.45) is 0 Å². The minimum absolute atomic E-state index is 0.0265. The van der Waals surface area contributed by atoms with Crippen LogP contribution in [0.25, 0.3) is 0 Å². The second-order valence-corrected chi connectivity index (χ2v) is 7.56. The van der Waals surface area contributed by atoms with E-state index in [0.717, 1.165) is 38.7 Å². The van der Waals surface area contributed by atoms with E-state index in [0.29, 0.717) is 6.54 Å². The van der Waals surface area contributed by atoms with Gasteiger partial charge >= 0.3 is 6.18 Å².